The molecule has 15 heteroatoms. The number of carbonyl (C=O) groups is 4. The van der Waals surface area contributed by atoms with E-state index in [1.54, 1.807) is 14.7 Å². The third-order valence-electron chi connectivity index (χ3n) is 11.1. The molecule has 2 aliphatic heterocycles. The van der Waals surface area contributed by atoms with Gasteiger partial charge < -0.3 is 30.0 Å². The number of carboxylic acid groups (broad SMARTS) is 3. The summed E-state index contributed by atoms with van der Waals surface area (Å²) >= 11 is 0. The summed E-state index contributed by atoms with van der Waals surface area (Å²) in [7, 11) is 0. The van der Waals surface area contributed by atoms with Crippen LogP contribution in [0, 0.1) is 0 Å². The lowest BCUT2D eigenvalue weighted by Gasteiger charge is -2.33. The van der Waals surface area contributed by atoms with E-state index < -0.39 is 17.9 Å². The molecule has 0 unspecified atom stereocenters. The van der Waals surface area contributed by atoms with Gasteiger partial charge in [-0.15, -0.1) is 0 Å². The van der Waals surface area contributed by atoms with E-state index in [9.17, 15) is 34.5 Å². The molecule has 3 aliphatic rings. The predicted molar refractivity (Wildman–Crippen MR) is 229 cm³/mol. The molecule has 0 aromatic heterocycles. The molecule has 0 spiro atoms. The smallest absolute Gasteiger partial charge is 0.317 e. The van der Waals surface area contributed by atoms with Crippen LogP contribution >= 0.6 is 0 Å². The number of hydrogen-bond acceptors (Lipinski definition) is 10. The van der Waals surface area contributed by atoms with E-state index >= 15 is 0 Å². The molecule has 15 nitrogen and oxygen atoms in total. The molecule has 2 heterocycles. The van der Waals surface area contributed by atoms with Gasteiger partial charge in [0.1, 0.15) is 24.4 Å². The van der Waals surface area contributed by atoms with Gasteiger partial charge in [0.2, 0.25) is 5.36 Å². The van der Waals surface area contributed by atoms with Gasteiger partial charge in [-0.2, -0.15) is 0 Å². The second kappa shape index (κ2) is 21.6. The van der Waals surface area contributed by atoms with Gasteiger partial charge in [-0.3, -0.25) is 38.8 Å². The van der Waals surface area contributed by atoms with Gasteiger partial charge in [-0.1, -0.05) is 18.2 Å². The van der Waals surface area contributed by atoms with Crippen molar-refractivity contribution in [2.45, 2.75) is 27.7 Å². The Hall–Kier alpha value is -5.35. The zero-order valence-corrected chi connectivity index (χ0v) is 34.9. The number of nitrogens with zero attached hydrogens (tertiary/aromatic N) is 6. The Bertz CT molecular complexity index is 2080. The summed E-state index contributed by atoms with van der Waals surface area (Å²) in [5, 5.41) is 33.8. The fraction of sp³-hybridized carbons (Fsp3) is 0.477. The largest absolute Gasteiger partial charge is 0.480 e. The molecule has 1 aliphatic carbocycles. The van der Waals surface area contributed by atoms with Crippen LogP contribution in [0.5, 0.6) is 0 Å². The number of rotatable bonds is 16. The topological polar surface area (TPSA) is 173 Å². The Kier molecular flexibility index (Phi) is 16.4. The van der Waals surface area contributed by atoms with Crippen molar-refractivity contribution in [1.82, 2.24) is 29.5 Å². The molecule has 59 heavy (non-hydrogen) atoms. The highest BCUT2D eigenvalue weighted by Crippen LogP contribution is 2.42. The number of amides is 1. The quantitative estimate of drug-likeness (QED) is 0.0962. The number of carboxylic acids is 3. The number of aliphatic carboxylic acids is 3. The average Bonchev–Trinajstić information content (AvgIpc) is 3.21. The molecule has 0 saturated carbocycles. The summed E-state index contributed by atoms with van der Waals surface area (Å²) in [6.07, 6.45) is 0. The Morgan fingerprint density at radius 3 is 1.75 bits per heavy atom. The van der Waals surface area contributed by atoms with E-state index in [4.69, 9.17) is 4.42 Å². The maximum absolute atomic E-state index is 14.2. The molecular formula is C44H60N7O8+. The zero-order valence-electron chi connectivity index (χ0n) is 34.9. The average molecular weight is 815 g/mol. The van der Waals surface area contributed by atoms with Gasteiger partial charge in [0, 0.05) is 118 Å². The first-order valence-electron chi connectivity index (χ1n) is 20.7. The Morgan fingerprint density at radius 1 is 0.678 bits per heavy atom. The van der Waals surface area contributed by atoms with Crippen LogP contribution in [0.15, 0.2) is 65.1 Å². The number of fused-ring (bicyclic) bond motifs is 2. The molecule has 5 rings (SSSR count). The molecule has 1 amide bonds. The molecule has 2 aromatic carbocycles. The minimum Gasteiger partial charge on any atom is -0.480 e. The molecule has 318 valence electrons. The van der Waals surface area contributed by atoms with Gasteiger partial charge in [-0.05, 0) is 57.5 Å². The highest BCUT2D eigenvalue weighted by molar-refractivity contribution is 6.09. The van der Waals surface area contributed by atoms with Crippen molar-refractivity contribution in [2.75, 3.05) is 116 Å². The Labute approximate surface area is 346 Å². The van der Waals surface area contributed by atoms with Crippen molar-refractivity contribution in [2.24, 2.45) is 0 Å². The van der Waals surface area contributed by atoms with Crippen molar-refractivity contribution in [3.05, 3.63) is 71.6 Å². The predicted octanol–water partition coefficient (Wildman–Crippen LogP) is 3.07. The Balaban J connectivity index is 1.43. The highest BCUT2D eigenvalue weighted by Gasteiger charge is 2.24. The van der Waals surface area contributed by atoms with Gasteiger partial charge in [0.05, 0.1) is 25.7 Å². The zero-order chi connectivity index (χ0) is 42.5. The maximum Gasteiger partial charge on any atom is 0.317 e. The number of carbonyl (C=O) groups excluding carboxylic acids is 1. The van der Waals surface area contributed by atoms with Crippen LogP contribution in [0.1, 0.15) is 38.1 Å². The lowest BCUT2D eigenvalue weighted by molar-refractivity contribution is -0.140. The minimum atomic E-state index is -1.00. The van der Waals surface area contributed by atoms with Crippen molar-refractivity contribution < 1.29 is 38.9 Å². The second-order valence-corrected chi connectivity index (χ2v) is 14.8. The van der Waals surface area contributed by atoms with Crippen LogP contribution in [0.2, 0.25) is 0 Å². The summed E-state index contributed by atoms with van der Waals surface area (Å²) in [5.74, 6) is -2.48. The van der Waals surface area contributed by atoms with E-state index in [0.717, 1.165) is 70.6 Å². The van der Waals surface area contributed by atoms with Gasteiger partial charge in [0.15, 0.2) is 0 Å². The second-order valence-electron chi connectivity index (χ2n) is 14.8. The van der Waals surface area contributed by atoms with Crippen LogP contribution in [-0.2, 0) is 14.4 Å². The lowest BCUT2D eigenvalue weighted by Crippen LogP contribution is -2.49. The van der Waals surface area contributed by atoms with Crippen molar-refractivity contribution in [3.8, 4) is 22.5 Å². The number of hydrogen-bond donors (Lipinski definition) is 4. The lowest BCUT2D eigenvalue weighted by atomic mass is 9.90. The molecule has 1 saturated heterocycles. The fourth-order valence-corrected chi connectivity index (χ4v) is 7.90. The summed E-state index contributed by atoms with van der Waals surface area (Å²) in [5.41, 5.74) is 4.88. The summed E-state index contributed by atoms with van der Waals surface area (Å²) < 4.78 is 8.94. The van der Waals surface area contributed by atoms with Crippen LogP contribution in [0.4, 0.5) is 5.69 Å². The van der Waals surface area contributed by atoms with E-state index in [1.807, 2.05) is 24.3 Å². The molecule has 1 fully saturated rings. The molecule has 2 aromatic rings. The van der Waals surface area contributed by atoms with Gasteiger partial charge in [0.25, 0.3) is 5.91 Å². The van der Waals surface area contributed by atoms with Gasteiger partial charge in [-0.25, -0.2) is 4.58 Å². The molecule has 0 bridgehead atoms. The first-order chi connectivity index (χ1) is 28.4. The highest BCUT2D eigenvalue weighted by atomic mass is 16.4. The Morgan fingerprint density at radius 2 is 1.22 bits per heavy atom. The number of anilines is 1. The van der Waals surface area contributed by atoms with Crippen molar-refractivity contribution in [1.29, 1.82) is 0 Å². The van der Waals surface area contributed by atoms with E-state index in [-0.39, 0.29) is 25.5 Å². The standard InChI is InChI=1S/C44H59N7O8/c1-5-50(6-2)32-13-15-36-38(27-32)59-39-28-33(51(7-3)8-4)14-16-37(39)43(36)34-11-9-10-12-35(34)44(58)45-17-18-46-19-21-47(29-40(52)53)23-25-49(31-42(56)57)26-24-48(22-20-46)30-41(54)55/h9-16,27-28H,5-8,17-26,29-31H2,1-4H3,(H3-,45,52,53,54,55,56,57,58)/p+1. The maximum atomic E-state index is 14.2. The summed E-state index contributed by atoms with van der Waals surface area (Å²) in [6.45, 7) is 15.1. The number of nitrogens with one attached hydrogen (secondary N) is 1. The fourth-order valence-electron chi connectivity index (χ4n) is 7.90. The molecule has 4 N–H and O–H groups in total. The first kappa shape index (κ1) is 44.7. The van der Waals surface area contributed by atoms with Crippen LogP contribution in [-0.4, -0.2) is 170 Å². The minimum absolute atomic E-state index is 0.197. The monoisotopic (exact) mass is 814 g/mol. The van der Waals surface area contributed by atoms with Crippen LogP contribution < -0.4 is 20.1 Å². The summed E-state index contributed by atoms with van der Waals surface area (Å²) in [4.78, 5) is 58.9. The SMILES string of the molecule is CCN(CC)c1ccc2c(-c3ccccc3C(=O)NCCN3CCN(CC(=O)O)CCN(CC(=O)O)CCN(CC(=O)O)CC3)c3ccc(=[N+](CC)CC)cc-3oc2c1. The van der Waals surface area contributed by atoms with Crippen molar-refractivity contribution >= 4 is 40.5 Å². The van der Waals surface area contributed by atoms with Crippen LogP contribution in [0.25, 0.3) is 33.4 Å². The van der Waals surface area contributed by atoms with Crippen molar-refractivity contribution in [3.63, 3.8) is 0 Å². The van der Waals surface area contributed by atoms with E-state index in [2.05, 4.69) is 83.8 Å². The molecule has 0 radical (unpaired) electrons. The normalized spacial score (nSPS) is 15.4. The van der Waals surface area contributed by atoms with E-state index in [1.165, 1.54) is 0 Å². The number of benzene rings is 3. The third-order valence-corrected chi connectivity index (χ3v) is 11.1. The third kappa shape index (κ3) is 12.1. The molecule has 0 atom stereocenters. The molecular weight excluding hydrogens is 755 g/mol. The van der Waals surface area contributed by atoms with E-state index in [0.29, 0.717) is 71.0 Å². The summed E-state index contributed by atoms with van der Waals surface area (Å²) in [6, 6.07) is 20.1. The van der Waals surface area contributed by atoms with Crippen LogP contribution in [0.3, 0.4) is 0 Å². The first-order valence-corrected chi connectivity index (χ1v) is 20.7. The van der Waals surface area contributed by atoms with Gasteiger partial charge >= 0.3 is 17.9 Å².